The predicted molar refractivity (Wildman–Crippen MR) is 53.6 cm³/mol. The summed E-state index contributed by atoms with van der Waals surface area (Å²) in [6.45, 7) is 4.54. The van der Waals surface area contributed by atoms with Crippen molar-refractivity contribution in [1.29, 1.82) is 0 Å². The Hall–Kier alpha value is 0.759. The number of hydrogen-bond donors (Lipinski definition) is 0. The van der Waals surface area contributed by atoms with Crippen LogP contribution in [0.1, 0.15) is 39.5 Å². The molecule has 1 atom stereocenters. The fourth-order valence-corrected chi connectivity index (χ4v) is 6.20. The molecule has 68 valence electrons. The van der Waals surface area contributed by atoms with Crippen molar-refractivity contribution in [3.8, 4) is 0 Å². The van der Waals surface area contributed by atoms with Crippen LogP contribution in [0.2, 0.25) is 8.87 Å². The Labute approximate surface area is 78.8 Å². The summed E-state index contributed by atoms with van der Waals surface area (Å²) >= 11 is -1.37. The molecule has 2 heteroatoms. The molecule has 0 aromatic heterocycles. The maximum atomic E-state index is 5.49. The van der Waals surface area contributed by atoms with Crippen LogP contribution in [0.25, 0.3) is 0 Å². The molecule has 0 bridgehead atoms. The van der Waals surface area contributed by atoms with Crippen molar-refractivity contribution in [3.63, 3.8) is 0 Å². The van der Waals surface area contributed by atoms with E-state index in [9.17, 15) is 0 Å². The van der Waals surface area contributed by atoms with Crippen molar-refractivity contribution in [2.75, 3.05) is 7.11 Å². The average molecular weight is 265 g/mol. The molecule has 0 aliphatic heterocycles. The van der Waals surface area contributed by atoms with E-state index in [1.165, 1.54) is 34.6 Å². The zero-order valence-electron chi connectivity index (χ0n) is 8.23. The summed E-state index contributed by atoms with van der Waals surface area (Å²) < 4.78 is 8.31. The maximum absolute atomic E-state index is 5.49. The monoisotopic (exact) mass is 266 g/mol. The third-order valence-electron chi connectivity index (χ3n) is 2.17. The van der Waals surface area contributed by atoms with Gasteiger partial charge in [0, 0.05) is 0 Å². The van der Waals surface area contributed by atoms with Crippen LogP contribution < -0.4 is 0 Å². The second-order valence-electron chi connectivity index (χ2n) is 3.12. The standard InChI is InChI=1S/C6H13.C2H5.CH3O.Sn.H/c1-3-5-6-4-2;2*1-2;;/h1,3-6H2,2H3;1H2,2H3;1H3;;/q;;-1;+1;. The summed E-state index contributed by atoms with van der Waals surface area (Å²) in [5.74, 6) is 0. The van der Waals surface area contributed by atoms with E-state index < -0.39 is 20.2 Å². The molecule has 0 saturated heterocycles. The van der Waals surface area contributed by atoms with Gasteiger partial charge >= 0.3 is 78.8 Å². The van der Waals surface area contributed by atoms with Crippen molar-refractivity contribution in [2.24, 2.45) is 0 Å². The Balaban J connectivity index is 3.07. The second-order valence-corrected chi connectivity index (χ2v) is 12.0. The van der Waals surface area contributed by atoms with Gasteiger partial charge in [-0.2, -0.15) is 0 Å². The van der Waals surface area contributed by atoms with E-state index in [0.29, 0.717) is 0 Å². The van der Waals surface area contributed by atoms with Gasteiger partial charge in [-0.05, 0) is 0 Å². The number of hydrogen-bond acceptors (Lipinski definition) is 1. The summed E-state index contributed by atoms with van der Waals surface area (Å²) in [4.78, 5) is 0. The summed E-state index contributed by atoms with van der Waals surface area (Å²) in [6.07, 6.45) is 5.61. The first-order valence-electron chi connectivity index (χ1n) is 4.87. The quantitative estimate of drug-likeness (QED) is 0.508. The molecule has 0 rings (SSSR count). The first-order chi connectivity index (χ1) is 5.35. The molecule has 0 aromatic rings. The van der Waals surface area contributed by atoms with Crippen LogP contribution in [-0.4, -0.2) is 27.3 Å². The van der Waals surface area contributed by atoms with Crippen molar-refractivity contribution < 1.29 is 3.07 Å². The molecule has 1 unspecified atom stereocenters. The van der Waals surface area contributed by atoms with Gasteiger partial charge in [-0.25, -0.2) is 0 Å². The van der Waals surface area contributed by atoms with E-state index in [-0.39, 0.29) is 0 Å². The van der Waals surface area contributed by atoms with Gasteiger partial charge in [-0.3, -0.25) is 0 Å². The molecule has 0 saturated carbocycles. The van der Waals surface area contributed by atoms with E-state index >= 15 is 0 Å². The minimum absolute atomic E-state index is 1.35. The van der Waals surface area contributed by atoms with Crippen LogP contribution >= 0.6 is 0 Å². The Kier molecular flexibility index (Phi) is 9.46. The van der Waals surface area contributed by atoms with Gasteiger partial charge in [0.1, 0.15) is 0 Å². The molecule has 1 nitrogen and oxygen atoms in total. The van der Waals surface area contributed by atoms with Crippen LogP contribution in [0, 0.1) is 0 Å². The molecule has 0 fully saturated rings. The SMILES string of the molecule is CCCCC[CH2][SnH]([CH2]C)[O]C. The molecule has 0 spiro atoms. The van der Waals surface area contributed by atoms with Gasteiger partial charge in [0.25, 0.3) is 0 Å². The van der Waals surface area contributed by atoms with E-state index in [0.717, 1.165) is 0 Å². The van der Waals surface area contributed by atoms with Gasteiger partial charge in [-0.1, -0.05) is 0 Å². The Morgan fingerprint density at radius 3 is 2.27 bits per heavy atom. The molecule has 0 amide bonds. The first-order valence-corrected chi connectivity index (χ1v) is 10.9. The van der Waals surface area contributed by atoms with Crippen molar-refractivity contribution >= 4 is 20.2 Å². The molecule has 0 N–H and O–H groups in total. The Morgan fingerprint density at radius 2 is 1.82 bits per heavy atom. The third kappa shape index (κ3) is 7.13. The second kappa shape index (κ2) is 8.85. The third-order valence-corrected chi connectivity index (χ3v) is 9.67. The van der Waals surface area contributed by atoms with Gasteiger partial charge in [0.15, 0.2) is 0 Å². The molecule has 11 heavy (non-hydrogen) atoms. The molecule has 0 heterocycles. The van der Waals surface area contributed by atoms with Gasteiger partial charge in [0.2, 0.25) is 0 Å². The normalized spacial score (nSPS) is 13.4. The fourth-order valence-electron chi connectivity index (χ4n) is 1.29. The first kappa shape index (κ1) is 11.8. The van der Waals surface area contributed by atoms with Crippen LogP contribution in [0.15, 0.2) is 0 Å². The minimum atomic E-state index is -1.37. The zero-order valence-corrected chi connectivity index (χ0v) is 11.5. The molecule has 0 aliphatic carbocycles. The van der Waals surface area contributed by atoms with Crippen molar-refractivity contribution in [2.45, 2.75) is 48.4 Å². The Morgan fingerprint density at radius 1 is 1.09 bits per heavy atom. The van der Waals surface area contributed by atoms with Crippen LogP contribution in [0.5, 0.6) is 0 Å². The van der Waals surface area contributed by atoms with Crippen LogP contribution in [0.3, 0.4) is 0 Å². The molecular weight excluding hydrogens is 243 g/mol. The topological polar surface area (TPSA) is 9.23 Å². The van der Waals surface area contributed by atoms with Gasteiger partial charge in [0.05, 0.1) is 0 Å². The van der Waals surface area contributed by atoms with Crippen molar-refractivity contribution in [1.82, 2.24) is 0 Å². The van der Waals surface area contributed by atoms with Crippen molar-refractivity contribution in [3.05, 3.63) is 0 Å². The van der Waals surface area contributed by atoms with E-state index in [1.54, 1.807) is 0 Å². The van der Waals surface area contributed by atoms with E-state index in [4.69, 9.17) is 3.07 Å². The molecular formula is C9H22OSn. The summed E-state index contributed by atoms with van der Waals surface area (Å²) in [6, 6.07) is 0. The molecule has 0 aromatic carbocycles. The summed E-state index contributed by atoms with van der Waals surface area (Å²) in [7, 11) is 1.91. The van der Waals surface area contributed by atoms with E-state index in [2.05, 4.69) is 13.8 Å². The number of rotatable bonds is 7. The van der Waals surface area contributed by atoms with Gasteiger partial charge in [-0.15, -0.1) is 0 Å². The Bertz CT molecular complexity index is 72.0. The summed E-state index contributed by atoms with van der Waals surface area (Å²) in [5.41, 5.74) is 0. The van der Waals surface area contributed by atoms with Crippen LogP contribution in [-0.2, 0) is 3.07 Å². The zero-order chi connectivity index (χ0) is 8.53. The average Bonchev–Trinajstić information content (AvgIpc) is 2.05. The molecule has 0 aliphatic rings. The number of unbranched alkanes of at least 4 members (excludes halogenated alkanes) is 3. The fraction of sp³-hybridized carbons (Fsp3) is 1.00. The van der Waals surface area contributed by atoms with Gasteiger partial charge < -0.3 is 0 Å². The van der Waals surface area contributed by atoms with E-state index in [1.807, 2.05) is 7.11 Å². The predicted octanol–water partition coefficient (Wildman–Crippen LogP) is 2.96. The summed E-state index contributed by atoms with van der Waals surface area (Å²) in [5, 5.41) is 0. The van der Waals surface area contributed by atoms with Crippen LogP contribution in [0.4, 0.5) is 0 Å². The molecule has 0 radical (unpaired) electrons.